The van der Waals surface area contributed by atoms with Crippen LogP contribution in [-0.4, -0.2) is 16.7 Å². The highest BCUT2D eigenvalue weighted by Crippen LogP contribution is 2.33. The first-order valence-electron chi connectivity index (χ1n) is 5.83. The Morgan fingerprint density at radius 2 is 2.00 bits per heavy atom. The van der Waals surface area contributed by atoms with Gasteiger partial charge in [0.2, 0.25) is 0 Å². The van der Waals surface area contributed by atoms with Crippen LogP contribution in [0.15, 0.2) is 36.5 Å². The molecular weight excluding hydrogens is 283 g/mol. The zero-order valence-electron chi connectivity index (χ0n) is 10.1. The minimum Gasteiger partial charge on any atom is -0.297 e. The molecule has 0 aliphatic carbocycles. The van der Waals surface area contributed by atoms with Crippen LogP contribution in [0.4, 0.5) is 10.1 Å². The molecule has 0 saturated heterocycles. The van der Waals surface area contributed by atoms with Crippen LogP contribution in [-0.2, 0) is 11.3 Å². The van der Waals surface area contributed by atoms with E-state index in [4.69, 9.17) is 11.6 Å². The number of pyridine rings is 1. The molecule has 0 saturated carbocycles. The van der Waals surface area contributed by atoms with Gasteiger partial charge in [-0.3, -0.25) is 14.5 Å². The Bertz CT molecular complexity index is 733. The van der Waals surface area contributed by atoms with Crippen molar-refractivity contribution in [2.75, 3.05) is 4.90 Å². The third-order valence-electron chi connectivity index (χ3n) is 3.11. The summed E-state index contributed by atoms with van der Waals surface area (Å²) in [4.78, 5) is 28.8. The van der Waals surface area contributed by atoms with Gasteiger partial charge in [-0.2, -0.15) is 0 Å². The first-order chi connectivity index (χ1) is 9.59. The van der Waals surface area contributed by atoms with E-state index < -0.39 is 17.5 Å². The van der Waals surface area contributed by atoms with E-state index in [2.05, 4.69) is 4.98 Å². The van der Waals surface area contributed by atoms with Gasteiger partial charge in [0, 0.05) is 11.8 Å². The number of halogens is 2. The lowest BCUT2D eigenvalue weighted by Crippen LogP contribution is -2.29. The molecule has 0 radical (unpaired) electrons. The van der Waals surface area contributed by atoms with Gasteiger partial charge >= 0.3 is 0 Å². The summed E-state index contributed by atoms with van der Waals surface area (Å²) in [6.07, 6.45) is 1.51. The summed E-state index contributed by atoms with van der Waals surface area (Å²) >= 11 is 5.93. The second kappa shape index (κ2) is 4.68. The number of benzene rings is 1. The molecule has 0 unspecified atom stereocenters. The predicted octanol–water partition coefficient (Wildman–Crippen LogP) is 2.60. The summed E-state index contributed by atoms with van der Waals surface area (Å²) in [5, 5.41) is 0.220. The maximum Gasteiger partial charge on any atom is 0.299 e. The lowest BCUT2D eigenvalue weighted by Gasteiger charge is -2.17. The number of carbonyl (C=O) groups is 2. The Kier molecular flexibility index (Phi) is 2.99. The fourth-order valence-electron chi connectivity index (χ4n) is 2.17. The number of Topliss-reactive ketones (excluding diaryl/α,β-unsaturated/α-hetero) is 1. The van der Waals surface area contributed by atoms with Crippen molar-refractivity contribution in [2.24, 2.45) is 0 Å². The normalized spacial score (nSPS) is 13.8. The van der Waals surface area contributed by atoms with Crippen molar-refractivity contribution in [1.29, 1.82) is 0 Å². The van der Waals surface area contributed by atoms with Crippen LogP contribution < -0.4 is 4.90 Å². The molecule has 2 heterocycles. The summed E-state index contributed by atoms with van der Waals surface area (Å²) in [7, 11) is 0. The van der Waals surface area contributed by atoms with Crippen molar-refractivity contribution >= 4 is 29.0 Å². The summed E-state index contributed by atoms with van der Waals surface area (Å²) in [5.74, 6) is -2.08. The number of aromatic nitrogens is 1. The molecule has 0 bridgehead atoms. The van der Waals surface area contributed by atoms with E-state index in [1.807, 2.05) is 0 Å². The molecule has 2 aromatic rings. The van der Waals surface area contributed by atoms with E-state index in [-0.39, 0.29) is 22.9 Å². The van der Waals surface area contributed by atoms with Crippen molar-refractivity contribution in [3.63, 3.8) is 0 Å². The Labute approximate surface area is 118 Å². The number of para-hydroxylation sites is 1. The van der Waals surface area contributed by atoms with Crippen molar-refractivity contribution in [2.45, 2.75) is 6.54 Å². The van der Waals surface area contributed by atoms with Crippen LogP contribution in [0.25, 0.3) is 0 Å². The summed E-state index contributed by atoms with van der Waals surface area (Å²) < 4.78 is 13.9. The highest BCUT2D eigenvalue weighted by Gasteiger charge is 2.38. The first-order valence-corrected chi connectivity index (χ1v) is 6.21. The summed E-state index contributed by atoms with van der Waals surface area (Å²) in [5.41, 5.74) is 0.629. The number of amides is 1. The molecule has 4 nitrogen and oxygen atoms in total. The molecule has 3 rings (SSSR count). The van der Waals surface area contributed by atoms with Gasteiger partial charge < -0.3 is 0 Å². The van der Waals surface area contributed by atoms with Crippen LogP contribution >= 0.6 is 11.6 Å². The molecule has 20 heavy (non-hydrogen) atoms. The van der Waals surface area contributed by atoms with Crippen LogP contribution in [0.2, 0.25) is 5.15 Å². The first kappa shape index (κ1) is 12.7. The zero-order chi connectivity index (χ0) is 14.3. The molecule has 1 aliphatic rings. The lowest BCUT2D eigenvalue weighted by atomic mass is 10.1. The number of nitrogens with zero attached hydrogens (tertiary/aromatic N) is 2. The van der Waals surface area contributed by atoms with Crippen molar-refractivity contribution in [3.05, 3.63) is 58.6 Å². The Morgan fingerprint density at radius 3 is 2.75 bits per heavy atom. The van der Waals surface area contributed by atoms with Gasteiger partial charge in [-0.1, -0.05) is 23.7 Å². The predicted molar refractivity (Wildman–Crippen MR) is 71.2 cm³/mol. The number of hydrogen-bond donors (Lipinski definition) is 0. The molecule has 0 N–H and O–H groups in total. The number of ketones is 1. The molecule has 6 heteroatoms. The van der Waals surface area contributed by atoms with Crippen molar-refractivity contribution in [1.82, 2.24) is 4.98 Å². The van der Waals surface area contributed by atoms with Gasteiger partial charge in [0.25, 0.3) is 11.7 Å². The summed E-state index contributed by atoms with van der Waals surface area (Å²) in [6, 6.07) is 7.38. The lowest BCUT2D eigenvalue weighted by molar-refractivity contribution is -0.114. The molecule has 100 valence electrons. The van der Waals surface area contributed by atoms with Gasteiger partial charge in [0.15, 0.2) is 0 Å². The minimum absolute atomic E-state index is 0.00224. The van der Waals surface area contributed by atoms with Crippen molar-refractivity contribution in [3.8, 4) is 0 Å². The van der Waals surface area contributed by atoms with E-state index in [0.29, 0.717) is 5.56 Å². The maximum absolute atomic E-state index is 13.9. The van der Waals surface area contributed by atoms with Gasteiger partial charge in [-0.15, -0.1) is 0 Å². The maximum atomic E-state index is 13.9. The van der Waals surface area contributed by atoms with Gasteiger partial charge in [-0.25, -0.2) is 9.37 Å². The van der Waals surface area contributed by atoms with Crippen LogP contribution in [0.3, 0.4) is 0 Å². The third kappa shape index (κ3) is 1.87. The fraction of sp³-hybridized carbons (Fsp3) is 0.0714. The smallest absolute Gasteiger partial charge is 0.297 e. The Morgan fingerprint density at radius 1 is 1.20 bits per heavy atom. The highest BCUT2D eigenvalue weighted by molar-refractivity contribution is 6.52. The quantitative estimate of drug-likeness (QED) is 0.631. The Balaban J connectivity index is 2.06. The van der Waals surface area contributed by atoms with E-state index in [1.165, 1.54) is 24.4 Å². The second-order valence-corrected chi connectivity index (χ2v) is 4.67. The summed E-state index contributed by atoms with van der Waals surface area (Å²) in [6.45, 7) is 0.00514. The molecule has 0 spiro atoms. The van der Waals surface area contributed by atoms with Crippen LogP contribution in [0, 0.1) is 5.82 Å². The Hall–Kier alpha value is -2.27. The number of carbonyl (C=O) groups excluding carboxylic acids is 2. The molecule has 0 fully saturated rings. The SMILES string of the molecule is O=C1C(=O)N(Cc2cccnc2Cl)c2c(F)cccc21. The molecular formula is C14H8ClFN2O2. The van der Waals surface area contributed by atoms with Crippen LogP contribution in [0.1, 0.15) is 15.9 Å². The monoisotopic (exact) mass is 290 g/mol. The minimum atomic E-state index is -0.759. The van der Waals surface area contributed by atoms with E-state index in [1.54, 1.807) is 12.1 Å². The van der Waals surface area contributed by atoms with Crippen molar-refractivity contribution < 1.29 is 14.0 Å². The number of hydrogen-bond acceptors (Lipinski definition) is 3. The van der Waals surface area contributed by atoms with Gasteiger partial charge in [0.1, 0.15) is 11.0 Å². The van der Waals surface area contributed by atoms with E-state index in [9.17, 15) is 14.0 Å². The second-order valence-electron chi connectivity index (χ2n) is 4.31. The highest BCUT2D eigenvalue weighted by atomic mass is 35.5. The topological polar surface area (TPSA) is 50.3 Å². The largest absolute Gasteiger partial charge is 0.299 e. The number of rotatable bonds is 2. The van der Waals surface area contributed by atoms with Gasteiger partial charge in [-0.05, 0) is 18.2 Å². The molecule has 1 aliphatic heterocycles. The molecule has 1 aromatic heterocycles. The number of fused-ring (bicyclic) bond motifs is 1. The average Bonchev–Trinajstić information content (AvgIpc) is 2.68. The average molecular weight is 291 g/mol. The fourth-order valence-corrected chi connectivity index (χ4v) is 2.35. The molecule has 0 atom stereocenters. The van der Waals surface area contributed by atoms with Crippen LogP contribution in [0.5, 0.6) is 0 Å². The zero-order valence-corrected chi connectivity index (χ0v) is 10.9. The van der Waals surface area contributed by atoms with E-state index >= 15 is 0 Å². The molecule has 1 amide bonds. The molecule has 1 aromatic carbocycles. The standard InChI is InChI=1S/C14H8ClFN2O2/c15-13-8(3-2-6-17-13)7-18-11-9(12(19)14(18)20)4-1-5-10(11)16/h1-6H,7H2. The van der Waals surface area contributed by atoms with E-state index in [0.717, 1.165) is 4.90 Å². The van der Waals surface area contributed by atoms with Gasteiger partial charge in [0.05, 0.1) is 17.8 Å². The third-order valence-corrected chi connectivity index (χ3v) is 3.45. The number of anilines is 1.